The highest BCUT2D eigenvalue weighted by Gasteiger charge is 2.28. The molecule has 2 heterocycles. The fourth-order valence-electron chi connectivity index (χ4n) is 1.82. The average Bonchev–Trinajstić information content (AvgIpc) is 2.92. The molecule has 0 aromatic carbocycles. The second kappa shape index (κ2) is 5.25. The van der Waals surface area contributed by atoms with Crippen molar-refractivity contribution in [2.75, 3.05) is 18.1 Å². The second-order valence-corrected chi connectivity index (χ2v) is 7.41. The van der Waals surface area contributed by atoms with E-state index in [0.29, 0.717) is 6.42 Å². The van der Waals surface area contributed by atoms with Gasteiger partial charge in [0, 0.05) is 11.9 Å². The number of carbonyl (C=O) groups is 2. The number of hydrogen-bond donors (Lipinski definition) is 2. The van der Waals surface area contributed by atoms with Crippen LogP contribution in [0.15, 0.2) is 5.38 Å². The van der Waals surface area contributed by atoms with Crippen LogP contribution in [-0.4, -0.2) is 48.4 Å². The summed E-state index contributed by atoms with van der Waals surface area (Å²) in [5.41, 5.74) is -0.168. The standard InChI is InChI=1S/C10H12N2O5S2/c13-8(9-12-7(4-18-9)10(14)15)11-3-6-1-2-19(16,17)5-6/h4,6H,1-3,5H2,(H,11,13)(H,14,15). The number of rotatable bonds is 4. The minimum Gasteiger partial charge on any atom is -0.476 e. The molecular weight excluding hydrogens is 292 g/mol. The zero-order valence-corrected chi connectivity index (χ0v) is 11.5. The van der Waals surface area contributed by atoms with E-state index < -0.39 is 21.7 Å². The molecule has 1 saturated heterocycles. The summed E-state index contributed by atoms with van der Waals surface area (Å²) in [4.78, 5) is 26.0. The Morgan fingerprint density at radius 2 is 2.26 bits per heavy atom. The van der Waals surface area contributed by atoms with Gasteiger partial charge in [-0.15, -0.1) is 11.3 Å². The molecule has 0 saturated carbocycles. The molecule has 0 radical (unpaired) electrons. The third-order valence-electron chi connectivity index (χ3n) is 2.80. The monoisotopic (exact) mass is 304 g/mol. The lowest BCUT2D eigenvalue weighted by Gasteiger charge is -2.07. The Bertz CT molecular complexity index is 607. The molecule has 0 spiro atoms. The van der Waals surface area contributed by atoms with Crippen LogP contribution in [0, 0.1) is 5.92 Å². The number of carboxylic acid groups (broad SMARTS) is 1. The summed E-state index contributed by atoms with van der Waals surface area (Å²) in [6, 6.07) is 0. The van der Waals surface area contributed by atoms with Crippen molar-refractivity contribution < 1.29 is 23.1 Å². The lowest BCUT2D eigenvalue weighted by Crippen LogP contribution is -2.29. The van der Waals surface area contributed by atoms with Crippen LogP contribution in [0.2, 0.25) is 0 Å². The Kier molecular flexibility index (Phi) is 3.85. The summed E-state index contributed by atoms with van der Waals surface area (Å²) in [5, 5.41) is 12.6. The van der Waals surface area contributed by atoms with Crippen LogP contribution in [0.25, 0.3) is 0 Å². The van der Waals surface area contributed by atoms with Crippen LogP contribution in [0.1, 0.15) is 26.7 Å². The molecule has 1 aliphatic rings. The van der Waals surface area contributed by atoms with Crippen LogP contribution >= 0.6 is 11.3 Å². The Hall–Kier alpha value is -1.48. The first-order valence-corrected chi connectivity index (χ1v) is 8.25. The highest BCUT2D eigenvalue weighted by atomic mass is 32.2. The first-order valence-electron chi connectivity index (χ1n) is 5.55. The molecule has 1 aliphatic heterocycles. The second-order valence-electron chi connectivity index (χ2n) is 4.32. The van der Waals surface area contributed by atoms with Crippen LogP contribution in [0.5, 0.6) is 0 Å². The van der Waals surface area contributed by atoms with E-state index in [1.807, 2.05) is 0 Å². The van der Waals surface area contributed by atoms with Crippen LogP contribution < -0.4 is 5.32 Å². The number of nitrogens with zero attached hydrogens (tertiary/aromatic N) is 1. The SMILES string of the molecule is O=C(O)c1csc(C(=O)NCC2CCS(=O)(=O)C2)n1. The number of carbonyl (C=O) groups excluding carboxylic acids is 1. The van der Waals surface area contributed by atoms with Gasteiger partial charge in [-0.1, -0.05) is 0 Å². The van der Waals surface area contributed by atoms with Gasteiger partial charge in [-0.05, 0) is 12.3 Å². The summed E-state index contributed by atoms with van der Waals surface area (Å²) in [6.45, 7) is 0.264. The van der Waals surface area contributed by atoms with Gasteiger partial charge in [0.25, 0.3) is 5.91 Å². The molecule has 2 rings (SSSR count). The third kappa shape index (κ3) is 3.51. The summed E-state index contributed by atoms with van der Waals surface area (Å²) in [5.74, 6) is -1.48. The number of amides is 1. The highest BCUT2D eigenvalue weighted by Crippen LogP contribution is 2.17. The van der Waals surface area contributed by atoms with Crippen LogP contribution in [0.4, 0.5) is 0 Å². The minimum atomic E-state index is -2.96. The van der Waals surface area contributed by atoms with Crippen molar-refractivity contribution in [3.05, 3.63) is 16.1 Å². The number of sulfone groups is 1. The van der Waals surface area contributed by atoms with Gasteiger partial charge in [-0.2, -0.15) is 0 Å². The van der Waals surface area contributed by atoms with Crippen LogP contribution in [0.3, 0.4) is 0 Å². The quantitative estimate of drug-likeness (QED) is 0.810. The van der Waals surface area contributed by atoms with E-state index in [4.69, 9.17) is 5.11 Å². The topological polar surface area (TPSA) is 113 Å². The molecule has 1 aromatic rings. The van der Waals surface area contributed by atoms with Gasteiger partial charge >= 0.3 is 5.97 Å². The summed E-state index contributed by atoms with van der Waals surface area (Å²) >= 11 is 0.946. The normalized spacial score (nSPS) is 21.2. The highest BCUT2D eigenvalue weighted by molar-refractivity contribution is 7.91. The number of aromatic carboxylic acids is 1. The molecule has 0 aliphatic carbocycles. The predicted octanol–water partition coefficient (Wildman–Crippen LogP) is 0.00580. The van der Waals surface area contributed by atoms with Crippen molar-refractivity contribution in [1.82, 2.24) is 10.3 Å². The van der Waals surface area contributed by atoms with E-state index in [1.54, 1.807) is 0 Å². The largest absolute Gasteiger partial charge is 0.476 e. The maximum absolute atomic E-state index is 11.7. The number of thiazole rings is 1. The van der Waals surface area contributed by atoms with Crippen molar-refractivity contribution in [1.29, 1.82) is 0 Å². The van der Waals surface area contributed by atoms with Gasteiger partial charge in [0.05, 0.1) is 11.5 Å². The molecule has 0 bridgehead atoms. The number of carboxylic acids is 1. The molecule has 1 atom stereocenters. The molecule has 19 heavy (non-hydrogen) atoms. The Morgan fingerprint density at radius 3 is 2.79 bits per heavy atom. The Labute approximate surface area is 113 Å². The van der Waals surface area contributed by atoms with Gasteiger partial charge in [0.2, 0.25) is 0 Å². The number of hydrogen-bond acceptors (Lipinski definition) is 6. The molecule has 2 N–H and O–H groups in total. The zero-order chi connectivity index (χ0) is 14.0. The Balaban J connectivity index is 1.89. The summed E-state index contributed by atoms with van der Waals surface area (Å²) in [7, 11) is -2.96. The molecule has 7 nitrogen and oxygen atoms in total. The van der Waals surface area contributed by atoms with Gasteiger partial charge in [-0.25, -0.2) is 18.2 Å². The molecule has 9 heteroatoms. The molecule has 1 aromatic heterocycles. The van der Waals surface area contributed by atoms with E-state index in [1.165, 1.54) is 5.38 Å². The lowest BCUT2D eigenvalue weighted by molar-refractivity contribution is 0.0691. The van der Waals surface area contributed by atoms with Gasteiger partial charge in [0.15, 0.2) is 20.5 Å². The van der Waals surface area contributed by atoms with Crippen molar-refractivity contribution in [3.63, 3.8) is 0 Å². The third-order valence-corrected chi connectivity index (χ3v) is 5.47. The van der Waals surface area contributed by atoms with Gasteiger partial charge in [0.1, 0.15) is 0 Å². The van der Waals surface area contributed by atoms with E-state index in [2.05, 4.69) is 10.3 Å². The molecule has 1 unspecified atom stereocenters. The predicted molar refractivity (Wildman–Crippen MR) is 68.2 cm³/mol. The lowest BCUT2D eigenvalue weighted by atomic mass is 10.1. The van der Waals surface area contributed by atoms with Gasteiger partial charge < -0.3 is 10.4 Å². The first kappa shape index (κ1) is 13.9. The van der Waals surface area contributed by atoms with E-state index in [9.17, 15) is 18.0 Å². The van der Waals surface area contributed by atoms with Crippen molar-refractivity contribution >= 4 is 33.1 Å². The first-order chi connectivity index (χ1) is 8.87. The minimum absolute atomic E-state index is 0.0678. The Morgan fingerprint density at radius 1 is 1.53 bits per heavy atom. The average molecular weight is 304 g/mol. The molecular formula is C10H12N2O5S2. The smallest absolute Gasteiger partial charge is 0.355 e. The maximum Gasteiger partial charge on any atom is 0.355 e. The van der Waals surface area contributed by atoms with Crippen molar-refractivity contribution in [2.24, 2.45) is 5.92 Å². The number of nitrogens with one attached hydrogen (secondary N) is 1. The van der Waals surface area contributed by atoms with E-state index in [-0.39, 0.29) is 34.7 Å². The zero-order valence-electron chi connectivity index (χ0n) is 9.83. The molecule has 1 fully saturated rings. The summed E-state index contributed by atoms with van der Waals surface area (Å²) in [6.07, 6.45) is 0.543. The summed E-state index contributed by atoms with van der Waals surface area (Å²) < 4.78 is 22.5. The van der Waals surface area contributed by atoms with Crippen molar-refractivity contribution in [2.45, 2.75) is 6.42 Å². The maximum atomic E-state index is 11.7. The number of aromatic nitrogens is 1. The molecule has 1 amide bonds. The molecule has 104 valence electrons. The van der Waals surface area contributed by atoms with Gasteiger partial charge in [-0.3, -0.25) is 4.79 Å². The van der Waals surface area contributed by atoms with E-state index >= 15 is 0 Å². The fourth-order valence-corrected chi connectivity index (χ4v) is 4.39. The van der Waals surface area contributed by atoms with Crippen molar-refractivity contribution in [3.8, 4) is 0 Å². The van der Waals surface area contributed by atoms with E-state index in [0.717, 1.165) is 11.3 Å². The fraction of sp³-hybridized carbons (Fsp3) is 0.500. The van der Waals surface area contributed by atoms with Crippen LogP contribution in [-0.2, 0) is 9.84 Å².